The third-order valence-electron chi connectivity index (χ3n) is 2.60. The van der Waals surface area contributed by atoms with Crippen molar-refractivity contribution >= 4 is 50.6 Å². The predicted molar refractivity (Wildman–Crippen MR) is 80.2 cm³/mol. The Hall–Kier alpha value is -1.79. The topological polar surface area (TPSA) is 75.3 Å². The number of nitrogen functional groups attached to an aromatic ring is 1. The molecule has 104 valence electrons. The van der Waals surface area contributed by atoms with Gasteiger partial charge >= 0.3 is 5.97 Å². The Balaban J connectivity index is 2.51. The van der Waals surface area contributed by atoms with Gasteiger partial charge in [-0.25, -0.2) is 9.18 Å². The highest BCUT2D eigenvalue weighted by molar-refractivity contribution is 9.10. The molecule has 0 radical (unpaired) electrons. The first-order valence-electron chi connectivity index (χ1n) is 5.43. The molecule has 20 heavy (non-hydrogen) atoms. The minimum absolute atomic E-state index is 0.163. The summed E-state index contributed by atoms with van der Waals surface area (Å²) < 4.78 is 14.1. The third-order valence-corrected chi connectivity index (χ3v) is 3.43. The maximum absolute atomic E-state index is 13.4. The van der Waals surface area contributed by atoms with Gasteiger partial charge in [-0.05, 0) is 30.3 Å². The standard InChI is InChI=1S/C13H9BrClFN2O2/c14-6-1-2-7(15)10(5-6)18-9-4-3-8(16)12(17)11(9)13(19)20/h1-5,18H,17H2,(H,19,20). The SMILES string of the molecule is Nc1c(F)ccc(Nc2cc(Br)ccc2Cl)c1C(=O)O. The van der Waals surface area contributed by atoms with Crippen molar-refractivity contribution in [3.05, 3.63) is 51.2 Å². The van der Waals surface area contributed by atoms with E-state index in [1.54, 1.807) is 18.2 Å². The fourth-order valence-corrected chi connectivity index (χ4v) is 2.19. The van der Waals surface area contributed by atoms with Crippen molar-refractivity contribution in [1.29, 1.82) is 0 Å². The van der Waals surface area contributed by atoms with E-state index in [-0.39, 0.29) is 11.3 Å². The first-order valence-corrected chi connectivity index (χ1v) is 6.60. The molecule has 2 aromatic rings. The van der Waals surface area contributed by atoms with Gasteiger partial charge in [0.1, 0.15) is 11.4 Å². The number of aromatic carboxylic acids is 1. The maximum atomic E-state index is 13.4. The fourth-order valence-electron chi connectivity index (χ4n) is 1.67. The molecular formula is C13H9BrClFN2O2. The molecule has 0 spiro atoms. The van der Waals surface area contributed by atoms with Crippen LogP contribution in [-0.4, -0.2) is 11.1 Å². The Bertz CT molecular complexity index is 694. The molecular weight excluding hydrogens is 351 g/mol. The minimum atomic E-state index is -1.32. The average Bonchev–Trinajstić information content (AvgIpc) is 2.38. The van der Waals surface area contributed by atoms with Gasteiger partial charge in [0, 0.05) is 4.47 Å². The summed E-state index contributed by atoms with van der Waals surface area (Å²) in [5.74, 6) is -2.11. The zero-order valence-corrected chi connectivity index (χ0v) is 12.3. The van der Waals surface area contributed by atoms with E-state index >= 15 is 0 Å². The summed E-state index contributed by atoms with van der Waals surface area (Å²) in [7, 11) is 0. The second-order valence-electron chi connectivity index (χ2n) is 3.94. The largest absolute Gasteiger partial charge is 0.478 e. The fraction of sp³-hybridized carbons (Fsp3) is 0. The van der Waals surface area contributed by atoms with Crippen LogP contribution in [0.25, 0.3) is 0 Å². The molecule has 0 unspecified atom stereocenters. The van der Waals surface area contributed by atoms with Gasteiger partial charge in [0.05, 0.1) is 22.1 Å². The molecule has 0 aromatic heterocycles. The molecule has 4 N–H and O–H groups in total. The molecule has 0 atom stereocenters. The number of carboxylic acid groups (broad SMARTS) is 1. The molecule has 4 nitrogen and oxygen atoms in total. The smallest absolute Gasteiger partial charge is 0.340 e. The van der Waals surface area contributed by atoms with Crippen LogP contribution in [0.1, 0.15) is 10.4 Å². The van der Waals surface area contributed by atoms with Crippen LogP contribution in [0.3, 0.4) is 0 Å². The number of nitrogens with two attached hydrogens (primary N) is 1. The lowest BCUT2D eigenvalue weighted by Gasteiger charge is -2.13. The zero-order valence-electron chi connectivity index (χ0n) is 9.95. The number of nitrogens with one attached hydrogen (secondary N) is 1. The number of halogens is 3. The quantitative estimate of drug-likeness (QED) is 0.716. The molecule has 0 fully saturated rings. The van der Waals surface area contributed by atoms with Gasteiger partial charge in [-0.3, -0.25) is 0 Å². The minimum Gasteiger partial charge on any atom is -0.478 e. The van der Waals surface area contributed by atoms with E-state index < -0.39 is 17.5 Å². The van der Waals surface area contributed by atoms with Crippen molar-refractivity contribution in [3.8, 4) is 0 Å². The van der Waals surface area contributed by atoms with Gasteiger partial charge in [0.25, 0.3) is 0 Å². The highest BCUT2D eigenvalue weighted by atomic mass is 79.9. The number of benzene rings is 2. The van der Waals surface area contributed by atoms with Crippen LogP contribution in [0.5, 0.6) is 0 Å². The van der Waals surface area contributed by atoms with E-state index in [4.69, 9.17) is 22.4 Å². The number of carboxylic acids is 1. The van der Waals surface area contributed by atoms with Crippen LogP contribution in [-0.2, 0) is 0 Å². The van der Waals surface area contributed by atoms with Crippen LogP contribution in [0.2, 0.25) is 5.02 Å². The van der Waals surface area contributed by atoms with Crippen LogP contribution in [0.4, 0.5) is 21.5 Å². The Morgan fingerprint density at radius 2 is 2.00 bits per heavy atom. The van der Waals surface area contributed by atoms with Crippen LogP contribution in [0, 0.1) is 5.82 Å². The molecule has 0 amide bonds. The summed E-state index contributed by atoms with van der Waals surface area (Å²) in [4.78, 5) is 11.2. The van der Waals surface area contributed by atoms with Crippen LogP contribution >= 0.6 is 27.5 Å². The Morgan fingerprint density at radius 3 is 2.65 bits per heavy atom. The summed E-state index contributed by atoms with van der Waals surface area (Å²) in [5.41, 5.74) is 5.36. The van der Waals surface area contributed by atoms with Gasteiger partial charge in [-0.2, -0.15) is 0 Å². The van der Waals surface area contributed by atoms with Crippen LogP contribution < -0.4 is 11.1 Å². The summed E-state index contributed by atoms with van der Waals surface area (Å²) >= 11 is 9.30. The lowest BCUT2D eigenvalue weighted by molar-refractivity contribution is 0.0698. The first kappa shape index (κ1) is 14.6. The van der Waals surface area contributed by atoms with Crippen molar-refractivity contribution in [2.75, 3.05) is 11.1 Å². The van der Waals surface area contributed by atoms with E-state index in [1.807, 2.05) is 0 Å². The summed E-state index contributed by atoms with van der Waals surface area (Å²) in [6, 6.07) is 7.45. The normalized spacial score (nSPS) is 10.3. The molecule has 0 aliphatic heterocycles. The zero-order chi connectivity index (χ0) is 14.9. The highest BCUT2D eigenvalue weighted by Gasteiger charge is 2.18. The van der Waals surface area contributed by atoms with Crippen molar-refractivity contribution in [2.45, 2.75) is 0 Å². The maximum Gasteiger partial charge on any atom is 0.340 e. The van der Waals surface area contributed by atoms with Gasteiger partial charge in [-0.15, -0.1) is 0 Å². The molecule has 0 aliphatic rings. The molecule has 2 rings (SSSR count). The van der Waals surface area contributed by atoms with Crippen molar-refractivity contribution in [3.63, 3.8) is 0 Å². The van der Waals surface area contributed by atoms with Crippen molar-refractivity contribution in [1.82, 2.24) is 0 Å². The third kappa shape index (κ3) is 2.86. The average molecular weight is 360 g/mol. The second kappa shape index (κ2) is 5.68. The van der Waals surface area contributed by atoms with E-state index in [0.29, 0.717) is 10.7 Å². The lowest BCUT2D eigenvalue weighted by Crippen LogP contribution is -2.08. The Morgan fingerprint density at radius 1 is 1.30 bits per heavy atom. The lowest BCUT2D eigenvalue weighted by atomic mass is 10.1. The second-order valence-corrected chi connectivity index (χ2v) is 5.26. The number of hydrogen-bond donors (Lipinski definition) is 3. The van der Waals surface area contributed by atoms with Crippen molar-refractivity contribution < 1.29 is 14.3 Å². The molecule has 0 aliphatic carbocycles. The first-order chi connectivity index (χ1) is 9.40. The number of anilines is 3. The van der Waals surface area contributed by atoms with Gasteiger partial charge in [0.2, 0.25) is 0 Å². The number of rotatable bonds is 3. The molecule has 2 aromatic carbocycles. The number of carbonyl (C=O) groups is 1. The Labute approximate surface area is 127 Å². The van der Waals surface area contributed by atoms with E-state index in [9.17, 15) is 9.18 Å². The number of hydrogen-bond acceptors (Lipinski definition) is 3. The van der Waals surface area contributed by atoms with Gasteiger partial charge in [0.15, 0.2) is 0 Å². The molecule has 0 saturated carbocycles. The van der Waals surface area contributed by atoms with Gasteiger partial charge < -0.3 is 16.2 Å². The molecule has 0 saturated heterocycles. The monoisotopic (exact) mass is 358 g/mol. The van der Waals surface area contributed by atoms with Crippen LogP contribution in [0.15, 0.2) is 34.8 Å². The summed E-state index contributed by atoms with van der Waals surface area (Å²) in [6.07, 6.45) is 0. The summed E-state index contributed by atoms with van der Waals surface area (Å²) in [5, 5.41) is 12.4. The highest BCUT2D eigenvalue weighted by Crippen LogP contribution is 2.32. The molecule has 7 heteroatoms. The van der Waals surface area contributed by atoms with Gasteiger partial charge in [-0.1, -0.05) is 27.5 Å². The van der Waals surface area contributed by atoms with E-state index in [1.165, 1.54) is 6.07 Å². The molecule has 0 bridgehead atoms. The predicted octanol–water partition coefficient (Wildman–Crippen LogP) is 4.27. The summed E-state index contributed by atoms with van der Waals surface area (Å²) in [6.45, 7) is 0. The van der Waals surface area contributed by atoms with E-state index in [2.05, 4.69) is 21.2 Å². The van der Waals surface area contributed by atoms with Crippen molar-refractivity contribution in [2.24, 2.45) is 0 Å². The Kier molecular flexibility index (Phi) is 4.15. The molecule has 0 heterocycles. The van der Waals surface area contributed by atoms with E-state index in [0.717, 1.165) is 10.5 Å².